The Morgan fingerprint density at radius 3 is 2.59 bits per heavy atom. The van der Waals surface area contributed by atoms with Crippen LogP contribution in [0.3, 0.4) is 0 Å². The molecule has 2 atom stereocenters. The molecule has 1 N–H and O–H groups in total. The normalized spacial score (nSPS) is 26.4. The lowest BCUT2D eigenvalue weighted by molar-refractivity contribution is -0.167. The number of alkyl halides is 3. The van der Waals surface area contributed by atoms with Gasteiger partial charge in [-0.15, -0.1) is 0 Å². The summed E-state index contributed by atoms with van der Waals surface area (Å²) in [5.74, 6) is -0.535. The third-order valence-electron chi connectivity index (χ3n) is 4.35. The highest BCUT2D eigenvalue weighted by Crippen LogP contribution is 2.34. The van der Waals surface area contributed by atoms with Gasteiger partial charge < -0.3 is 10.0 Å². The average Bonchev–Trinajstić information content (AvgIpc) is 2.78. The van der Waals surface area contributed by atoms with E-state index in [2.05, 4.69) is 0 Å². The van der Waals surface area contributed by atoms with E-state index in [0.717, 1.165) is 16.0 Å². The van der Waals surface area contributed by atoms with Crippen LogP contribution in [0.15, 0.2) is 24.3 Å². The molecule has 0 aromatic heterocycles. The number of hydrogen-bond donors (Lipinski definition) is 1. The molecule has 120 valence electrons. The maximum absolute atomic E-state index is 12.4. The van der Waals surface area contributed by atoms with Gasteiger partial charge in [0.2, 0.25) is 5.91 Å². The van der Waals surface area contributed by atoms with E-state index in [-0.39, 0.29) is 19.1 Å². The summed E-state index contributed by atoms with van der Waals surface area (Å²) >= 11 is 0. The largest absolute Gasteiger partial charge is 0.406 e. The van der Waals surface area contributed by atoms with E-state index in [0.29, 0.717) is 13.0 Å². The number of rotatable bonds is 2. The van der Waals surface area contributed by atoms with Crippen molar-refractivity contribution >= 4 is 5.91 Å². The summed E-state index contributed by atoms with van der Waals surface area (Å²) < 4.78 is 37.2. The van der Waals surface area contributed by atoms with Gasteiger partial charge in [-0.1, -0.05) is 24.3 Å². The van der Waals surface area contributed by atoms with Crippen molar-refractivity contribution in [1.29, 1.82) is 0 Å². The van der Waals surface area contributed by atoms with Gasteiger partial charge in [0, 0.05) is 19.1 Å². The Morgan fingerprint density at radius 2 is 1.95 bits per heavy atom. The van der Waals surface area contributed by atoms with Crippen molar-refractivity contribution in [3.63, 3.8) is 0 Å². The third-order valence-corrected chi connectivity index (χ3v) is 4.35. The molecule has 1 aliphatic carbocycles. The predicted molar refractivity (Wildman–Crippen MR) is 73.1 cm³/mol. The summed E-state index contributed by atoms with van der Waals surface area (Å²) in [7, 11) is 0. The fourth-order valence-electron chi connectivity index (χ4n) is 3.28. The lowest BCUT2D eigenvalue weighted by Crippen LogP contribution is -2.56. The van der Waals surface area contributed by atoms with Crippen LogP contribution in [0.2, 0.25) is 0 Å². The SMILES string of the molecule is O=C1CN([C@H]2Cc3ccccc3[C@@H]2O)CCN1CC(F)(F)F. The van der Waals surface area contributed by atoms with E-state index < -0.39 is 24.7 Å². The van der Waals surface area contributed by atoms with Crippen LogP contribution in [0.4, 0.5) is 13.2 Å². The predicted octanol–water partition coefficient (Wildman–Crippen LogP) is 1.35. The molecule has 0 saturated carbocycles. The Labute approximate surface area is 126 Å². The highest BCUT2D eigenvalue weighted by atomic mass is 19.4. The van der Waals surface area contributed by atoms with Crippen molar-refractivity contribution in [3.8, 4) is 0 Å². The van der Waals surface area contributed by atoms with Gasteiger partial charge in [-0.2, -0.15) is 13.2 Å². The number of nitrogens with zero attached hydrogens (tertiary/aromatic N) is 2. The van der Waals surface area contributed by atoms with Crippen LogP contribution >= 0.6 is 0 Å². The first kappa shape index (κ1) is 15.3. The van der Waals surface area contributed by atoms with E-state index in [9.17, 15) is 23.1 Å². The zero-order valence-electron chi connectivity index (χ0n) is 11.9. The van der Waals surface area contributed by atoms with E-state index in [4.69, 9.17) is 0 Å². The molecule has 0 bridgehead atoms. The van der Waals surface area contributed by atoms with Crippen molar-refractivity contribution in [2.75, 3.05) is 26.2 Å². The molecule has 1 amide bonds. The number of aliphatic hydroxyl groups excluding tert-OH is 1. The first-order valence-electron chi connectivity index (χ1n) is 7.19. The average molecular weight is 314 g/mol. The molecule has 1 aromatic carbocycles. The second kappa shape index (κ2) is 5.55. The lowest BCUT2D eigenvalue weighted by atomic mass is 10.1. The summed E-state index contributed by atoms with van der Waals surface area (Å²) in [6.07, 6.45) is -4.46. The van der Waals surface area contributed by atoms with Crippen molar-refractivity contribution in [2.24, 2.45) is 0 Å². The van der Waals surface area contributed by atoms with Crippen LogP contribution in [0, 0.1) is 0 Å². The van der Waals surface area contributed by atoms with E-state index >= 15 is 0 Å². The van der Waals surface area contributed by atoms with Crippen LogP contribution in [0.25, 0.3) is 0 Å². The van der Waals surface area contributed by atoms with Gasteiger partial charge in [0.25, 0.3) is 0 Å². The van der Waals surface area contributed by atoms with Crippen molar-refractivity contribution in [1.82, 2.24) is 9.80 Å². The van der Waals surface area contributed by atoms with Crippen LogP contribution in [0.1, 0.15) is 17.2 Å². The second-order valence-electron chi connectivity index (χ2n) is 5.82. The maximum Gasteiger partial charge on any atom is 0.406 e. The first-order valence-corrected chi connectivity index (χ1v) is 7.19. The Bertz CT molecular complexity index is 576. The topological polar surface area (TPSA) is 43.8 Å². The third kappa shape index (κ3) is 2.96. The quantitative estimate of drug-likeness (QED) is 0.896. The number of carbonyl (C=O) groups is 1. The lowest BCUT2D eigenvalue weighted by Gasteiger charge is -2.38. The smallest absolute Gasteiger partial charge is 0.387 e. The molecular formula is C15H17F3N2O2. The van der Waals surface area contributed by atoms with E-state index in [1.54, 1.807) is 4.90 Å². The zero-order valence-corrected chi connectivity index (χ0v) is 11.9. The highest BCUT2D eigenvalue weighted by Gasteiger charge is 2.40. The summed E-state index contributed by atoms with van der Waals surface area (Å²) in [5.41, 5.74) is 1.88. The minimum absolute atomic E-state index is 0.0396. The molecule has 1 aromatic rings. The Morgan fingerprint density at radius 1 is 1.23 bits per heavy atom. The standard InChI is InChI=1S/C15H17F3N2O2/c16-15(17,18)9-20-6-5-19(8-13(20)21)12-7-10-3-1-2-4-11(10)14(12)22/h1-4,12,14,22H,5-9H2/t12-,14-/m0/s1. The Balaban J connectivity index is 1.66. The summed E-state index contributed by atoms with van der Waals surface area (Å²) in [6.45, 7) is -0.894. The molecule has 3 rings (SSSR count). The monoisotopic (exact) mass is 314 g/mol. The molecule has 2 aliphatic rings. The van der Waals surface area contributed by atoms with Gasteiger partial charge in [0.1, 0.15) is 6.54 Å². The molecule has 4 nitrogen and oxygen atoms in total. The molecule has 1 heterocycles. The second-order valence-corrected chi connectivity index (χ2v) is 5.82. The fourth-order valence-corrected chi connectivity index (χ4v) is 3.28. The van der Waals surface area contributed by atoms with Crippen molar-refractivity contribution in [2.45, 2.75) is 24.7 Å². The number of amides is 1. The molecule has 0 spiro atoms. The van der Waals surface area contributed by atoms with Gasteiger partial charge in [0.15, 0.2) is 0 Å². The van der Waals surface area contributed by atoms with Gasteiger partial charge in [0.05, 0.1) is 12.6 Å². The van der Waals surface area contributed by atoms with Crippen LogP contribution in [-0.2, 0) is 11.2 Å². The molecular weight excluding hydrogens is 297 g/mol. The Hall–Kier alpha value is -1.60. The highest BCUT2D eigenvalue weighted by molar-refractivity contribution is 5.79. The van der Waals surface area contributed by atoms with Gasteiger partial charge in [-0.3, -0.25) is 9.69 Å². The van der Waals surface area contributed by atoms with Crippen molar-refractivity contribution < 1.29 is 23.1 Å². The summed E-state index contributed by atoms with van der Waals surface area (Å²) in [5, 5.41) is 10.4. The van der Waals surface area contributed by atoms with Crippen LogP contribution in [0.5, 0.6) is 0 Å². The maximum atomic E-state index is 12.4. The Kier molecular flexibility index (Phi) is 3.86. The fraction of sp³-hybridized carbons (Fsp3) is 0.533. The number of benzene rings is 1. The number of carbonyl (C=O) groups excluding carboxylic acids is 1. The van der Waals surface area contributed by atoms with Crippen molar-refractivity contribution in [3.05, 3.63) is 35.4 Å². The summed E-state index contributed by atoms with van der Waals surface area (Å²) in [4.78, 5) is 14.6. The van der Waals surface area contributed by atoms with Gasteiger partial charge >= 0.3 is 6.18 Å². The molecule has 22 heavy (non-hydrogen) atoms. The summed E-state index contributed by atoms with van der Waals surface area (Å²) in [6, 6.07) is 7.27. The van der Waals surface area contributed by atoms with Gasteiger partial charge in [-0.05, 0) is 17.5 Å². The molecule has 0 radical (unpaired) electrons. The molecule has 1 saturated heterocycles. The first-order chi connectivity index (χ1) is 10.3. The minimum atomic E-state index is -4.37. The van der Waals surface area contributed by atoms with E-state index in [1.807, 2.05) is 24.3 Å². The zero-order chi connectivity index (χ0) is 15.9. The number of piperazine rings is 1. The van der Waals surface area contributed by atoms with Gasteiger partial charge in [-0.25, -0.2) is 0 Å². The number of fused-ring (bicyclic) bond motifs is 1. The van der Waals surface area contributed by atoms with Crippen LogP contribution in [-0.4, -0.2) is 59.2 Å². The molecule has 0 unspecified atom stereocenters. The molecule has 7 heteroatoms. The minimum Gasteiger partial charge on any atom is -0.387 e. The van der Waals surface area contributed by atoms with E-state index in [1.165, 1.54) is 0 Å². The number of hydrogen-bond acceptors (Lipinski definition) is 3. The molecule has 1 fully saturated rings. The van der Waals surface area contributed by atoms with Crippen LogP contribution < -0.4 is 0 Å². The number of aliphatic hydroxyl groups is 1. The molecule has 1 aliphatic heterocycles. The number of halogens is 3.